The first kappa shape index (κ1) is 21.5. The van der Waals surface area contributed by atoms with Gasteiger partial charge in [-0.1, -0.05) is 23.7 Å². The molecule has 0 saturated carbocycles. The maximum atomic E-state index is 12.7. The number of thioether (sulfide) groups is 1. The van der Waals surface area contributed by atoms with Crippen LogP contribution in [0.2, 0.25) is 5.15 Å². The maximum Gasteiger partial charge on any atom is 0.244 e. The standard InChI is InChI=1S/C21H22ClN3O3S2/c1-14-3-4-16-11-17(21(22)24-20(16)15(14)2)13-29-19-6-5-18(12-23-19)30(26,27)25-7-9-28-10-8-25/h3-6,11-12H,7-10,13H2,1-2H3. The Hall–Kier alpha value is -1.71. The maximum absolute atomic E-state index is 12.7. The molecule has 158 valence electrons. The molecule has 0 N–H and O–H groups in total. The smallest absolute Gasteiger partial charge is 0.244 e. The number of hydrogen-bond donors (Lipinski definition) is 0. The number of hydrogen-bond acceptors (Lipinski definition) is 6. The van der Waals surface area contributed by atoms with E-state index >= 15 is 0 Å². The van der Waals surface area contributed by atoms with E-state index in [1.54, 1.807) is 12.1 Å². The minimum Gasteiger partial charge on any atom is -0.379 e. The zero-order valence-electron chi connectivity index (χ0n) is 16.8. The molecule has 0 atom stereocenters. The van der Waals surface area contributed by atoms with Gasteiger partial charge in [0.15, 0.2) is 0 Å². The van der Waals surface area contributed by atoms with E-state index in [-0.39, 0.29) is 4.90 Å². The molecule has 1 saturated heterocycles. The van der Waals surface area contributed by atoms with E-state index in [0.29, 0.717) is 37.2 Å². The first-order valence-electron chi connectivity index (χ1n) is 9.58. The Morgan fingerprint density at radius 2 is 1.93 bits per heavy atom. The van der Waals surface area contributed by atoms with Gasteiger partial charge in [-0.3, -0.25) is 0 Å². The van der Waals surface area contributed by atoms with Crippen molar-refractivity contribution < 1.29 is 13.2 Å². The molecule has 1 aromatic carbocycles. The van der Waals surface area contributed by atoms with Gasteiger partial charge in [-0.05, 0) is 43.2 Å². The number of sulfonamides is 1. The second kappa shape index (κ2) is 8.80. The van der Waals surface area contributed by atoms with E-state index in [2.05, 4.69) is 35.1 Å². The van der Waals surface area contributed by atoms with Gasteiger partial charge in [-0.2, -0.15) is 4.31 Å². The molecule has 1 fully saturated rings. The second-order valence-electron chi connectivity index (χ2n) is 7.15. The van der Waals surface area contributed by atoms with E-state index < -0.39 is 10.0 Å². The Morgan fingerprint density at radius 3 is 2.63 bits per heavy atom. The van der Waals surface area contributed by atoms with Crippen molar-refractivity contribution >= 4 is 44.3 Å². The van der Waals surface area contributed by atoms with Gasteiger partial charge in [0.1, 0.15) is 10.0 Å². The molecule has 0 amide bonds. The quantitative estimate of drug-likeness (QED) is 0.417. The lowest BCUT2D eigenvalue weighted by molar-refractivity contribution is 0.0730. The number of halogens is 1. The molecule has 0 bridgehead atoms. The Kier molecular flexibility index (Phi) is 6.31. The summed E-state index contributed by atoms with van der Waals surface area (Å²) in [6.07, 6.45) is 1.42. The van der Waals surface area contributed by atoms with Crippen LogP contribution in [0.3, 0.4) is 0 Å². The van der Waals surface area contributed by atoms with E-state index in [1.807, 2.05) is 6.92 Å². The number of ether oxygens (including phenoxy) is 1. The lowest BCUT2D eigenvalue weighted by atomic mass is 10.0. The lowest BCUT2D eigenvalue weighted by Gasteiger charge is -2.25. The number of rotatable bonds is 5. The van der Waals surface area contributed by atoms with Crippen LogP contribution in [0.1, 0.15) is 16.7 Å². The number of fused-ring (bicyclic) bond motifs is 1. The van der Waals surface area contributed by atoms with Crippen molar-refractivity contribution in [1.29, 1.82) is 0 Å². The van der Waals surface area contributed by atoms with Gasteiger partial charge in [-0.15, -0.1) is 11.8 Å². The molecule has 4 rings (SSSR count). The van der Waals surface area contributed by atoms with Crippen molar-refractivity contribution in [2.24, 2.45) is 0 Å². The van der Waals surface area contributed by atoms with Crippen LogP contribution in [-0.4, -0.2) is 49.0 Å². The molecule has 2 aromatic heterocycles. The fourth-order valence-corrected chi connectivity index (χ4v) is 5.75. The monoisotopic (exact) mass is 463 g/mol. The van der Waals surface area contributed by atoms with E-state index in [1.165, 1.54) is 27.8 Å². The molecule has 9 heteroatoms. The highest BCUT2D eigenvalue weighted by Crippen LogP contribution is 2.30. The average Bonchev–Trinajstić information content (AvgIpc) is 2.76. The zero-order chi connectivity index (χ0) is 21.3. The molecule has 0 radical (unpaired) electrons. The molecule has 1 aliphatic heterocycles. The third-order valence-electron chi connectivity index (χ3n) is 5.23. The Balaban J connectivity index is 1.49. The highest BCUT2D eigenvalue weighted by molar-refractivity contribution is 7.98. The number of aryl methyl sites for hydroxylation is 2. The fourth-order valence-electron chi connectivity index (χ4n) is 3.30. The van der Waals surface area contributed by atoms with Crippen molar-refractivity contribution in [3.8, 4) is 0 Å². The van der Waals surface area contributed by atoms with Crippen LogP contribution in [0.5, 0.6) is 0 Å². The summed E-state index contributed by atoms with van der Waals surface area (Å²) in [6, 6.07) is 9.53. The van der Waals surface area contributed by atoms with Crippen LogP contribution in [-0.2, 0) is 20.5 Å². The molecule has 6 nitrogen and oxygen atoms in total. The summed E-state index contributed by atoms with van der Waals surface area (Å²) in [5.41, 5.74) is 4.16. The second-order valence-corrected chi connectivity index (χ2v) is 10.4. The van der Waals surface area contributed by atoms with Crippen molar-refractivity contribution in [3.05, 3.63) is 58.4 Å². The molecular formula is C21H22ClN3O3S2. The Bertz CT molecular complexity index is 1180. The van der Waals surface area contributed by atoms with Gasteiger partial charge in [0.2, 0.25) is 10.0 Å². The van der Waals surface area contributed by atoms with Crippen LogP contribution < -0.4 is 0 Å². The van der Waals surface area contributed by atoms with E-state index in [4.69, 9.17) is 16.3 Å². The SMILES string of the molecule is Cc1ccc2cc(CSc3ccc(S(=O)(=O)N4CCOCC4)cn3)c(Cl)nc2c1C. The molecule has 3 aromatic rings. The fraction of sp³-hybridized carbons (Fsp3) is 0.333. The van der Waals surface area contributed by atoms with Gasteiger partial charge in [0, 0.05) is 36.0 Å². The first-order chi connectivity index (χ1) is 14.4. The van der Waals surface area contributed by atoms with Gasteiger partial charge >= 0.3 is 0 Å². The largest absolute Gasteiger partial charge is 0.379 e. The van der Waals surface area contributed by atoms with Crippen LogP contribution in [0.4, 0.5) is 0 Å². The summed E-state index contributed by atoms with van der Waals surface area (Å²) in [5, 5.41) is 2.26. The molecule has 1 aliphatic rings. The number of pyridine rings is 2. The normalized spacial score (nSPS) is 15.6. The van der Waals surface area contributed by atoms with E-state index in [9.17, 15) is 8.42 Å². The average molecular weight is 464 g/mol. The van der Waals surface area contributed by atoms with Gasteiger partial charge < -0.3 is 4.74 Å². The van der Waals surface area contributed by atoms with Crippen LogP contribution in [0.25, 0.3) is 10.9 Å². The molecule has 0 spiro atoms. The molecule has 3 heterocycles. The molecule has 30 heavy (non-hydrogen) atoms. The predicted octanol–water partition coefficient (Wildman–Crippen LogP) is 4.21. The topological polar surface area (TPSA) is 72.4 Å². The minimum atomic E-state index is -3.53. The summed E-state index contributed by atoms with van der Waals surface area (Å²) >= 11 is 7.92. The summed E-state index contributed by atoms with van der Waals surface area (Å²) in [4.78, 5) is 9.12. The summed E-state index contributed by atoms with van der Waals surface area (Å²) < 4.78 is 32.1. The number of nitrogens with zero attached hydrogens (tertiary/aromatic N) is 3. The van der Waals surface area contributed by atoms with Gasteiger partial charge in [0.05, 0.1) is 23.8 Å². The molecule has 0 aliphatic carbocycles. The van der Waals surface area contributed by atoms with Crippen LogP contribution in [0.15, 0.2) is 46.5 Å². The summed E-state index contributed by atoms with van der Waals surface area (Å²) in [7, 11) is -3.53. The van der Waals surface area contributed by atoms with E-state index in [0.717, 1.165) is 27.1 Å². The van der Waals surface area contributed by atoms with Crippen molar-refractivity contribution in [2.45, 2.75) is 29.5 Å². The van der Waals surface area contributed by atoms with Crippen molar-refractivity contribution in [2.75, 3.05) is 26.3 Å². The van der Waals surface area contributed by atoms with Crippen LogP contribution in [0, 0.1) is 13.8 Å². The van der Waals surface area contributed by atoms with Gasteiger partial charge in [-0.25, -0.2) is 18.4 Å². The highest BCUT2D eigenvalue weighted by atomic mass is 35.5. The highest BCUT2D eigenvalue weighted by Gasteiger charge is 2.26. The Labute approximate surface area is 185 Å². The van der Waals surface area contributed by atoms with Crippen molar-refractivity contribution in [1.82, 2.24) is 14.3 Å². The molecule has 0 unspecified atom stereocenters. The number of aromatic nitrogens is 2. The van der Waals surface area contributed by atoms with Gasteiger partial charge in [0.25, 0.3) is 0 Å². The summed E-state index contributed by atoms with van der Waals surface area (Å²) in [5.74, 6) is 0.595. The minimum absolute atomic E-state index is 0.199. The Morgan fingerprint density at radius 1 is 1.17 bits per heavy atom. The van der Waals surface area contributed by atoms with Crippen molar-refractivity contribution in [3.63, 3.8) is 0 Å². The predicted molar refractivity (Wildman–Crippen MR) is 120 cm³/mol. The van der Waals surface area contributed by atoms with Crippen LogP contribution >= 0.6 is 23.4 Å². The summed E-state index contributed by atoms with van der Waals surface area (Å²) in [6.45, 7) is 5.67. The number of morpholine rings is 1. The lowest BCUT2D eigenvalue weighted by Crippen LogP contribution is -2.40. The third-order valence-corrected chi connectivity index (χ3v) is 8.43. The zero-order valence-corrected chi connectivity index (χ0v) is 19.1. The third kappa shape index (κ3) is 4.33. The molecular weight excluding hydrogens is 442 g/mol. The first-order valence-corrected chi connectivity index (χ1v) is 12.4. The number of benzene rings is 1.